The molecular formula is C12H14N2OS2. The van der Waals surface area contributed by atoms with Crippen LogP contribution in [0.5, 0.6) is 5.75 Å². The summed E-state index contributed by atoms with van der Waals surface area (Å²) < 4.78 is 6.19. The van der Waals surface area contributed by atoms with Crippen LogP contribution < -0.4 is 10.5 Å². The molecule has 90 valence electrons. The third-order valence-electron chi connectivity index (χ3n) is 2.35. The number of aromatic nitrogens is 1. The number of nitrogens with zero attached hydrogens (tertiary/aromatic N) is 1. The molecule has 0 saturated carbocycles. The van der Waals surface area contributed by atoms with Crippen molar-refractivity contribution in [1.82, 2.24) is 4.98 Å². The Balaban J connectivity index is 2.11. The van der Waals surface area contributed by atoms with Crippen molar-refractivity contribution in [2.45, 2.75) is 9.59 Å². The lowest BCUT2D eigenvalue weighted by Crippen LogP contribution is -2.09. The third-order valence-corrected chi connectivity index (χ3v) is 4.55. The summed E-state index contributed by atoms with van der Waals surface area (Å²) in [6, 6.07) is 8.02. The van der Waals surface area contributed by atoms with E-state index < -0.39 is 0 Å². The van der Waals surface area contributed by atoms with Crippen molar-refractivity contribution in [3.63, 3.8) is 0 Å². The van der Waals surface area contributed by atoms with E-state index in [1.807, 2.05) is 23.7 Å². The Bertz CT molecular complexity index is 442. The van der Waals surface area contributed by atoms with Gasteiger partial charge in [-0.2, -0.15) is 0 Å². The van der Waals surface area contributed by atoms with Gasteiger partial charge in [0.05, 0.1) is 7.11 Å². The molecule has 2 rings (SSSR count). The predicted octanol–water partition coefficient (Wildman–Crippen LogP) is 2.94. The molecule has 1 heterocycles. The molecule has 0 saturated heterocycles. The second kappa shape index (κ2) is 6.05. The average Bonchev–Trinajstić information content (AvgIpc) is 2.89. The summed E-state index contributed by atoms with van der Waals surface area (Å²) >= 11 is 3.34. The molecule has 1 atom stereocenters. The van der Waals surface area contributed by atoms with Crippen LogP contribution in [0.3, 0.4) is 0 Å². The molecule has 3 nitrogen and oxygen atoms in total. The summed E-state index contributed by atoms with van der Waals surface area (Å²) in [6.45, 7) is 0.594. The van der Waals surface area contributed by atoms with Crippen molar-refractivity contribution in [1.29, 1.82) is 0 Å². The van der Waals surface area contributed by atoms with E-state index in [2.05, 4.69) is 17.1 Å². The third kappa shape index (κ3) is 3.21. The first-order valence-electron chi connectivity index (χ1n) is 5.23. The van der Waals surface area contributed by atoms with Gasteiger partial charge in [0.1, 0.15) is 10.1 Å². The lowest BCUT2D eigenvalue weighted by molar-refractivity contribution is 0.414. The Morgan fingerprint density at radius 3 is 2.71 bits per heavy atom. The number of rotatable bonds is 5. The summed E-state index contributed by atoms with van der Waals surface area (Å²) in [6.07, 6.45) is 1.81. The summed E-state index contributed by atoms with van der Waals surface area (Å²) in [5, 5.41) is 2.22. The summed E-state index contributed by atoms with van der Waals surface area (Å²) in [5.74, 6) is 0.865. The van der Waals surface area contributed by atoms with E-state index in [1.165, 1.54) is 5.56 Å². The molecular weight excluding hydrogens is 252 g/mol. The molecule has 1 aromatic heterocycles. The molecule has 0 spiro atoms. The molecule has 2 N–H and O–H groups in total. The Hall–Kier alpha value is -1.04. The van der Waals surface area contributed by atoms with Gasteiger partial charge in [-0.1, -0.05) is 23.9 Å². The second-order valence-corrected chi connectivity index (χ2v) is 5.76. The van der Waals surface area contributed by atoms with Gasteiger partial charge in [0.25, 0.3) is 0 Å². The Labute approximate surface area is 109 Å². The zero-order chi connectivity index (χ0) is 12.1. The van der Waals surface area contributed by atoms with E-state index in [9.17, 15) is 0 Å². The number of hydrogen-bond donors (Lipinski definition) is 1. The highest BCUT2D eigenvalue weighted by atomic mass is 32.2. The summed E-state index contributed by atoms with van der Waals surface area (Å²) in [5.41, 5.74) is 7.02. The van der Waals surface area contributed by atoms with Gasteiger partial charge in [0, 0.05) is 23.4 Å². The molecule has 2 aromatic rings. The minimum absolute atomic E-state index is 0.243. The predicted molar refractivity (Wildman–Crippen MR) is 72.8 cm³/mol. The lowest BCUT2D eigenvalue weighted by Gasteiger charge is -2.13. The highest BCUT2D eigenvalue weighted by Gasteiger charge is 2.12. The van der Waals surface area contributed by atoms with Gasteiger partial charge in [-0.05, 0) is 17.7 Å². The van der Waals surface area contributed by atoms with Crippen molar-refractivity contribution in [3.05, 3.63) is 41.4 Å². The van der Waals surface area contributed by atoms with Crippen molar-refractivity contribution < 1.29 is 4.74 Å². The fourth-order valence-electron chi connectivity index (χ4n) is 1.46. The first kappa shape index (κ1) is 12.4. The molecule has 0 amide bonds. The molecule has 1 unspecified atom stereocenters. The van der Waals surface area contributed by atoms with Gasteiger partial charge in [-0.3, -0.25) is 0 Å². The number of nitrogens with two attached hydrogens (primary N) is 1. The lowest BCUT2D eigenvalue weighted by atomic mass is 10.1. The minimum atomic E-state index is 0.243. The summed E-state index contributed by atoms with van der Waals surface area (Å²) in [7, 11) is 1.67. The SMILES string of the molecule is COc1ccc(C(CN)Sc2nccs2)cc1. The van der Waals surface area contributed by atoms with E-state index in [1.54, 1.807) is 30.2 Å². The van der Waals surface area contributed by atoms with Gasteiger partial charge < -0.3 is 10.5 Å². The van der Waals surface area contributed by atoms with E-state index in [0.29, 0.717) is 6.54 Å². The van der Waals surface area contributed by atoms with Gasteiger partial charge in [0.2, 0.25) is 0 Å². The van der Waals surface area contributed by atoms with Crippen LogP contribution in [0.2, 0.25) is 0 Å². The fourth-order valence-corrected chi connectivity index (χ4v) is 3.31. The van der Waals surface area contributed by atoms with Crippen LogP contribution in [-0.4, -0.2) is 18.6 Å². The smallest absolute Gasteiger partial charge is 0.150 e. The van der Waals surface area contributed by atoms with E-state index in [0.717, 1.165) is 10.1 Å². The molecule has 0 fully saturated rings. The zero-order valence-corrected chi connectivity index (χ0v) is 11.1. The van der Waals surface area contributed by atoms with Gasteiger partial charge in [-0.25, -0.2) is 4.98 Å². The van der Waals surface area contributed by atoms with E-state index in [4.69, 9.17) is 10.5 Å². The Morgan fingerprint density at radius 1 is 1.41 bits per heavy atom. The number of thioether (sulfide) groups is 1. The maximum atomic E-state index is 5.82. The van der Waals surface area contributed by atoms with Crippen LogP contribution in [-0.2, 0) is 0 Å². The monoisotopic (exact) mass is 266 g/mol. The van der Waals surface area contributed by atoms with Crippen LogP contribution in [0.1, 0.15) is 10.8 Å². The number of ether oxygens (including phenoxy) is 1. The maximum absolute atomic E-state index is 5.82. The van der Waals surface area contributed by atoms with Gasteiger partial charge in [0.15, 0.2) is 0 Å². The van der Waals surface area contributed by atoms with Crippen LogP contribution in [0, 0.1) is 0 Å². The summed E-state index contributed by atoms with van der Waals surface area (Å²) in [4.78, 5) is 4.26. The molecule has 17 heavy (non-hydrogen) atoms. The topological polar surface area (TPSA) is 48.1 Å². The quantitative estimate of drug-likeness (QED) is 0.845. The molecule has 0 bridgehead atoms. The van der Waals surface area contributed by atoms with Crippen LogP contribution in [0.15, 0.2) is 40.2 Å². The van der Waals surface area contributed by atoms with Crippen molar-refractivity contribution >= 4 is 23.1 Å². The number of methoxy groups -OCH3 is 1. The van der Waals surface area contributed by atoms with Gasteiger partial charge in [-0.15, -0.1) is 11.3 Å². The van der Waals surface area contributed by atoms with Crippen molar-refractivity contribution in [2.24, 2.45) is 5.73 Å². The van der Waals surface area contributed by atoms with Crippen LogP contribution in [0.25, 0.3) is 0 Å². The van der Waals surface area contributed by atoms with E-state index >= 15 is 0 Å². The normalized spacial score (nSPS) is 12.4. The number of thiazole rings is 1. The number of benzene rings is 1. The average molecular weight is 266 g/mol. The molecule has 0 aliphatic rings. The van der Waals surface area contributed by atoms with Gasteiger partial charge >= 0.3 is 0 Å². The second-order valence-electron chi connectivity index (χ2n) is 3.41. The van der Waals surface area contributed by atoms with Crippen LogP contribution >= 0.6 is 23.1 Å². The molecule has 0 aliphatic heterocycles. The molecule has 0 aliphatic carbocycles. The zero-order valence-electron chi connectivity index (χ0n) is 9.50. The molecule has 0 radical (unpaired) electrons. The highest BCUT2D eigenvalue weighted by molar-refractivity contribution is 8.01. The standard InChI is InChI=1S/C12H14N2OS2/c1-15-10-4-2-9(3-5-10)11(8-13)17-12-14-6-7-16-12/h2-7,11H,8,13H2,1H3. The highest BCUT2D eigenvalue weighted by Crippen LogP contribution is 2.35. The first-order chi connectivity index (χ1) is 8.33. The largest absolute Gasteiger partial charge is 0.497 e. The first-order valence-corrected chi connectivity index (χ1v) is 6.99. The Kier molecular flexibility index (Phi) is 4.42. The van der Waals surface area contributed by atoms with E-state index in [-0.39, 0.29) is 5.25 Å². The molecule has 1 aromatic carbocycles. The Morgan fingerprint density at radius 2 is 2.18 bits per heavy atom. The minimum Gasteiger partial charge on any atom is -0.497 e. The maximum Gasteiger partial charge on any atom is 0.150 e. The van der Waals surface area contributed by atoms with Crippen LogP contribution in [0.4, 0.5) is 0 Å². The van der Waals surface area contributed by atoms with Crippen molar-refractivity contribution in [2.75, 3.05) is 13.7 Å². The fraction of sp³-hybridized carbons (Fsp3) is 0.250. The molecule has 5 heteroatoms. The van der Waals surface area contributed by atoms with Crippen molar-refractivity contribution in [3.8, 4) is 5.75 Å². The number of hydrogen-bond acceptors (Lipinski definition) is 5.